The molecule has 0 aliphatic heterocycles. The molecule has 5 heteroatoms. The van der Waals surface area contributed by atoms with Crippen LogP contribution < -0.4 is 5.32 Å². The van der Waals surface area contributed by atoms with Crippen molar-refractivity contribution in [2.45, 2.75) is 13.3 Å². The number of fused-ring (bicyclic) bond motifs is 1. The zero-order chi connectivity index (χ0) is 12.4. The number of rotatable bonds is 4. The van der Waals surface area contributed by atoms with Gasteiger partial charge in [0.15, 0.2) is 17.2 Å². The summed E-state index contributed by atoms with van der Waals surface area (Å²) in [4.78, 5) is 8.72. The van der Waals surface area contributed by atoms with Crippen molar-refractivity contribution in [3.8, 4) is 11.5 Å². The molecule has 18 heavy (non-hydrogen) atoms. The maximum Gasteiger partial charge on any atom is 0.180 e. The Kier molecular flexibility index (Phi) is 2.72. The number of hydrogen-bond donors (Lipinski definition) is 1. The van der Waals surface area contributed by atoms with Crippen LogP contribution in [0.5, 0.6) is 0 Å². The van der Waals surface area contributed by atoms with E-state index in [1.54, 1.807) is 18.7 Å². The fourth-order valence-electron chi connectivity index (χ4n) is 1.89. The molecule has 0 fully saturated rings. The molecule has 3 aromatic heterocycles. The second kappa shape index (κ2) is 4.52. The Morgan fingerprint density at radius 2 is 2.33 bits per heavy atom. The van der Waals surface area contributed by atoms with Crippen LogP contribution in [0.15, 0.2) is 41.4 Å². The predicted molar refractivity (Wildman–Crippen MR) is 69.5 cm³/mol. The first-order chi connectivity index (χ1) is 8.90. The van der Waals surface area contributed by atoms with Crippen molar-refractivity contribution in [2.24, 2.45) is 0 Å². The Morgan fingerprint density at radius 3 is 3.11 bits per heavy atom. The van der Waals surface area contributed by atoms with Crippen molar-refractivity contribution in [1.82, 2.24) is 14.4 Å². The number of nitrogens with one attached hydrogen (secondary N) is 1. The molecule has 0 saturated heterocycles. The van der Waals surface area contributed by atoms with E-state index in [1.807, 2.05) is 22.7 Å². The minimum absolute atomic E-state index is 0.801. The average Bonchev–Trinajstić information content (AvgIpc) is 3.04. The first kappa shape index (κ1) is 10.8. The SMILES string of the molecule is CCCNc1nccn2c(-c3ccco3)cnc12. The van der Waals surface area contributed by atoms with Crippen molar-refractivity contribution in [1.29, 1.82) is 0 Å². The summed E-state index contributed by atoms with van der Waals surface area (Å²) < 4.78 is 7.38. The molecule has 0 bridgehead atoms. The third-order valence-corrected chi connectivity index (χ3v) is 2.74. The van der Waals surface area contributed by atoms with Gasteiger partial charge in [0.25, 0.3) is 0 Å². The van der Waals surface area contributed by atoms with E-state index in [-0.39, 0.29) is 0 Å². The summed E-state index contributed by atoms with van der Waals surface area (Å²) in [5.74, 6) is 1.60. The zero-order valence-electron chi connectivity index (χ0n) is 10.1. The smallest absolute Gasteiger partial charge is 0.180 e. The Bertz CT molecular complexity index is 642. The first-order valence-corrected chi connectivity index (χ1v) is 6.00. The van der Waals surface area contributed by atoms with Crippen molar-refractivity contribution < 1.29 is 4.42 Å². The fourth-order valence-corrected chi connectivity index (χ4v) is 1.89. The third kappa shape index (κ3) is 1.73. The van der Waals surface area contributed by atoms with Crippen LogP contribution in [0.25, 0.3) is 17.1 Å². The summed E-state index contributed by atoms with van der Waals surface area (Å²) in [5.41, 5.74) is 1.74. The number of imidazole rings is 1. The van der Waals surface area contributed by atoms with E-state index in [0.29, 0.717) is 0 Å². The fraction of sp³-hybridized carbons (Fsp3) is 0.231. The van der Waals surface area contributed by atoms with Crippen LogP contribution >= 0.6 is 0 Å². The van der Waals surface area contributed by atoms with E-state index in [1.165, 1.54) is 0 Å². The Morgan fingerprint density at radius 1 is 1.39 bits per heavy atom. The summed E-state index contributed by atoms with van der Waals surface area (Å²) in [7, 11) is 0. The molecule has 1 N–H and O–H groups in total. The molecule has 0 radical (unpaired) electrons. The van der Waals surface area contributed by atoms with Crippen LogP contribution in [0.1, 0.15) is 13.3 Å². The molecule has 0 aromatic carbocycles. The third-order valence-electron chi connectivity index (χ3n) is 2.74. The van der Waals surface area contributed by atoms with Crippen molar-refractivity contribution in [3.05, 3.63) is 37.0 Å². The highest BCUT2D eigenvalue weighted by Crippen LogP contribution is 2.23. The van der Waals surface area contributed by atoms with Gasteiger partial charge in [-0.1, -0.05) is 6.92 Å². The quantitative estimate of drug-likeness (QED) is 0.764. The summed E-state index contributed by atoms with van der Waals surface area (Å²) >= 11 is 0. The van der Waals surface area contributed by atoms with Crippen molar-refractivity contribution >= 4 is 11.5 Å². The second-order valence-corrected chi connectivity index (χ2v) is 4.02. The Balaban J connectivity index is 2.09. The van der Waals surface area contributed by atoms with Gasteiger partial charge in [-0.2, -0.15) is 0 Å². The van der Waals surface area contributed by atoms with Gasteiger partial charge in [-0.3, -0.25) is 4.40 Å². The number of aromatic nitrogens is 3. The van der Waals surface area contributed by atoms with Gasteiger partial charge in [0.1, 0.15) is 5.69 Å². The Hall–Kier alpha value is -2.30. The largest absolute Gasteiger partial charge is 0.463 e. The number of hydrogen-bond acceptors (Lipinski definition) is 4. The highest BCUT2D eigenvalue weighted by atomic mass is 16.3. The molecule has 92 valence electrons. The lowest BCUT2D eigenvalue weighted by atomic mass is 10.3. The normalized spacial score (nSPS) is 10.9. The molecule has 0 amide bonds. The van der Waals surface area contributed by atoms with Crippen LogP contribution in [-0.4, -0.2) is 20.9 Å². The van der Waals surface area contributed by atoms with Crippen LogP contribution in [0.2, 0.25) is 0 Å². The predicted octanol–water partition coefficient (Wildman–Crippen LogP) is 2.81. The van der Waals surface area contributed by atoms with Crippen molar-refractivity contribution in [2.75, 3.05) is 11.9 Å². The number of anilines is 1. The van der Waals surface area contributed by atoms with Gasteiger partial charge in [0.05, 0.1) is 12.5 Å². The molecule has 0 aliphatic carbocycles. The highest BCUT2D eigenvalue weighted by molar-refractivity contribution is 5.68. The van der Waals surface area contributed by atoms with Crippen LogP contribution in [-0.2, 0) is 0 Å². The lowest BCUT2D eigenvalue weighted by Crippen LogP contribution is -2.04. The molecule has 0 spiro atoms. The molecule has 0 unspecified atom stereocenters. The van der Waals surface area contributed by atoms with Gasteiger partial charge in [-0.15, -0.1) is 0 Å². The maximum absolute atomic E-state index is 5.41. The van der Waals surface area contributed by atoms with Gasteiger partial charge in [0.2, 0.25) is 0 Å². The van der Waals surface area contributed by atoms with Gasteiger partial charge in [-0.25, -0.2) is 9.97 Å². The van der Waals surface area contributed by atoms with Crippen LogP contribution in [0, 0.1) is 0 Å². The molecule has 3 rings (SSSR count). The van der Waals surface area contributed by atoms with Crippen LogP contribution in [0.4, 0.5) is 5.82 Å². The van der Waals surface area contributed by atoms with Gasteiger partial charge < -0.3 is 9.73 Å². The lowest BCUT2D eigenvalue weighted by molar-refractivity contribution is 0.579. The van der Waals surface area contributed by atoms with E-state index in [9.17, 15) is 0 Å². The molecular weight excluding hydrogens is 228 g/mol. The van der Waals surface area contributed by atoms with E-state index < -0.39 is 0 Å². The molecule has 0 saturated carbocycles. The van der Waals surface area contributed by atoms with E-state index in [0.717, 1.165) is 35.9 Å². The summed E-state index contributed by atoms with van der Waals surface area (Å²) in [5, 5.41) is 3.27. The standard InChI is InChI=1S/C13H14N4O/c1-2-5-14-12-13-16-9-10(11-4-3-8-18-11)17(13)7-6-15-12/h3-4,6-9H,2,5H2,1H3,(H,14,15). The number of nitrogens with zero attached hydrogens (tertiary/aromatic N) is 3. The topological polar surface area (TPSA) is 55.4 Å². The summed E-state index contributed by atoms with van der Waals surface area (Å²) in [6.07, 6.45) is 8.16. The number of furan rings is 1. The molecule has 0 aliphatic rings. The van der Waals surface area contributed by atoms with Crippen molar-refractivity contribution in [3.63, 3.8) is 0 Å². The van der Waals surface area contributed by atoms with E-state index in [2.05, 4.69) is 22.2 Å². The van der Waals surface area contributed by atoms with Gasteiger partial charge in [0, 0.05) is 18.9 Å². The summed E-state index contributed by atoms with van der Waals surface area (Å²) in [6, 6.07) is 3.79. The van der Waals surface area contributed by atoms with E-state index >= 15 is 0 Å². The molecule has 3 heterocycles. The van der Waals surface area contributed by atoms with Gasteiger partial charge >= 0.3 is 0 Å². The molecular formula is C13H14N4O. The minimum Gasteiger partial charge on any atom is -0.463 e. The second-order valence-electron chi connectivity index (χ2n) is 4.02. The maximum atomic E-state index is 5.41. The molecule has 3 aromatic rings. The zero-order valence-corrected chi connectivity index (χ0v) is 10.1. The Labute approximate surface area is 104 Å². The molecule has 5 nitrogen and oxygen atoms in total. The van der Waals surface area contributed by atoms with Gasteiger partial charge in [-0.05, 0) is 18.6 Å². The first-order valence-electron chi connectivity index (χ1n) is 6.00. The molecule has 0 atom stereocenters. The average molecular weight is 242 g/mol. The minimum atomic E-state index is 0.801. The van der Waals surface area contributed by atoms with E-state index in [4.69, 9.17) is 4.42 Å². The monoisotopic (exact) mass is 242 g/mol. The summed E-state index contributed by atoms with van der Waals surface area (Å²) in [6.45, 7) is 3.00. The highest BCUT2D eigenvalue weighted by Gasteiger charge is 2.11. The lowest BCUT2D eigenvalue weighted by Gasteiger charge is -2.05. The van der Waals surface area contributed by atoms with Crippen LogP contribution in [0.3, 0.4) is 0 Å².